The summed E-state index contributed by atoms with van der Waals surface area (Å²) in [7, 11) is 3.73. The summed E-state index contributed by atoms with van der Waals surface area (Å²) in [6.45, 7) is 2.97. The molecule has 1 amide bonds. The average Bonchev–Trinajstić information content (AvgIpc) is 2.51. The van der Waals surface area contributed by atoms with Crippen LogP contribution >= 0.6 is 0 Å². The smallest absolute Gasteiger partial charge is 0.257 e. The van der Waals surface area contributed by atoms with Gasteiger partial charge in [-0.25, -0.2) is 0 Å². The van der Waals surface area contributed by atoms with Gasteiger partial charge in [0.15, 0.2) is 6.61 Å². The molecule has 0 spiro atoms. The second kappa shape index (κ2) is 7.88. The molecule has 116 valence electrons. The van der Waals surface area contributed by atoms with Crippen LogP contribution in [0.15, 0.2) is 24.3 Å². The highest BCUT2D eigenvalue weighted by molar-refractivity contribution is 5.77. The molecule has 1 heterocycles. The van der Waals surface area contributed by atoms with E-state index in [1.165, 1.54) is 12.8 Å². The van der Waals surface area contributed by atoms with Crippen LogP contribution in [0, 0.1) is 5.92 Å². The van der Waals surface area contributed by atoms with Gasteiger partial charge in [0.2, 0.25) is 0 Å². The zero-order valence-corrected chi connectivity index (χ0v) is 12.8. The molecule has 1 aliphatic rings. The number of methoxy groups -OCH3 is 1. The van der Waals surface area contributed by atoms with Gasteiger partial charge < -0.3 is 19.7 Å². The fraction of sp³-hybridized carbons (Fsp3) is 0.562. The van der Waals surface area contributed by atoms with Gasteiger partial charge in [0.1, 0.15) is 11.5 Å². The third kappa shape index (κ3) is 5.27. The van der Waals surface area contributed by atoms with Gasteiger partial charge in [0, 0.05) is 19.2 Å². The number of hydrogen-bond donors (Lipinski definition) is 1. The van der Waals surface area contributed by atoms with E-state index in [0.29, 0.717) is 11.7 Å². The van der Waals surface area contributed by atoms with E-state index in [4.69, 9.17) is 9.47 Å². The maximum Gasteiger partial charge on any atom is 0.257 e. The first-order chi connectivity index (χ1) is 10.2. The van der Waals surface area contributed by atoms with Crippen LogP contribution in [0.5, 0.6) is 11.5 Å². The second-order valence-corrected chi connectivity index (χ2v) is 5.54. The normalized spacial score (nSPS) is 19.0. The fourth-order valence-electron chi connectivity index (χ4n) is 2.59. The van der Waals surface area contributed by atoms with E-state index < -0.39 is 0 Å². The number of likely N-dealkylation sites (tertiary alicyclic amines) is 1. The molecule has 1 N–H and O–H groups in total. The Morgan fingerprint density at radius 1 is 1.43 bits per heavy atom. The van der Waals surface area contributed by atoms with Crippen molar-refractivity contribution in [3.63, 3.8) is 0 Å². The fourth-order valence-corrected chi connectivity index (χ4v) is 2.59. The Morgan fingerprint density at radius 2 is 2.24 bits per heavy atom. The van der Waals surface area contributed by atoms with Crippen molar-refractivity contribution in [3.05, 3.63) is 24.3 Å². The minimum atomic E-state index is -0.0777. The molecule has 2 rings (SSSR count). The summed E-state index contributed by atoms with van der Waals surface area (Å²) >= 11 is 0. The molecule has 0 bridgehead atoms. The van der Waals surface area contributed by atoms with Crippen LogP contribution in [0.3, 0.4) is 0 Å². The Balaban J connectivity index is 1.69. The Morgan fingerprint density at radius 3 is 3.00 bits per heavy atom. The number of carbonyl (C=O) groups excluding carboxylic acids is 1. The van der Waals surface area contributed by atoms with Crippen molar-refractivity contribution in [2.45, 2.75) is 12.8 Å². The van der Waals surface area contributed by atoms with Crippen molar-refractivity contribution in [2.24, 2.45) is 5.92 Å². The Hall–Kier alpha value is -1.75. The summed E-state index contributed by atoms with van der Waals surface area (Å²) in [6.07, 6.45) is 2.39. The molecule has 21 heavy (non-hydrogen) atoms. The van der Waals surface area contributed by atoms with Gasteiger partial charge in [0.05, 0.1) is 7.11 Å². The van der Waals surface area contributed by atoms with E-state index in [1.54, 1.807) is 13.2 Å². The molecule has 0 unspecified atom stereocenters. The number of ether oxygens (including phenoxy) is 2. The van der Waals surface area contributed by atoms with Crippen LogP contribution in [0.2, 0.25) is 0 Å². The highest BCUT2D eigenvalue weighted by Crippen LogP contribution is 2.18. The maximum absolute atomic E-state index is 11.8. The number of carbonyl (C=O) groups is 1. The molecule has 0 aromatic heterocycles. The quantitative estimate of drug-likeness (QED) is 0.864. The highest BCUT2D eigenvalue weighted by atomic mass is 16.5. The van der Waals surface area contributed by atoms with E-state index in [0.717, 1.165) is 25.4 Å². The lowest BCUT2D eigenvalue weighted by molar-refractivity contribution is -0.123. The lowest BCUT2D eigenvalue weighted by atomic mass is 9.98. The SMILES string of the molecule is COc1cccc(OCC(=O)NC[C@H]2CCCN(C)C2)c1. The Kier molecular flexibility index (Phi) is 5.87. The van der Waals surface area contributed by atoms with E-state index >= 15 is 0 Å². The van der Waals surface area contributed by atoms with E-state index in [-0.39, 0.29) is 12.5 Å². The molecule has 0 radical (unpaired) electrons. The number of nitrogens with zero attached hydrogens (tertiary/aromatic N) is 1. The maximum atomic E-state index is 11.8. The summed E-state index contributed by atoms with van der Waals surface area (Å²) < 4.78 is 10.6. The Bertz CT molecular complexity index is 465. The molecule has 1 saturated heterocycles. The van der Waals surface area contributed by atoms with Gasteiger partial charge in [-0.2, -0.15) is 0 Å². The number of hydrogen-bond acceptors (Lipinski definition) is 4. The van der Waals surface area contributed by atoms with Gasteiger partial charge in [-0.3, -0.25) is 4.79 Å². The van der Waals surface area contributed by atoms with Gasteiger partial charge in [-0.15, -0.1) is 0 Å². The van der Waals surface area contributed by atoms with Crippen LogP contribution in [-0.4, -0.2) is 51.2 Å². The zero-order valence-electron chi connectivity index (χ0n) is 12.8. The molecule has 1 aromatic rings. The number of benzene rings is 1. The average molecular weight is 292 g/mol. The van der Waals surface area contributed by atoms with E-state index in [1.807, 2.05) is 18.2 Å². The number of nitrogens with one attached hydrogen (secondary N) is 1. The first-order valence-electron chi connectivity index (χ1n) is 7.39. The van der Waals surface area contributed by atoms with Crippen molar-refractivity contribution < 1.29 is 14.3 Å². The molecule has 1 atom stereocenters. The van der Waals surface area contributed by atoms with Crippen molar-refractivity contribution in [1.82, 2.24) is 10.2 Å². The molecule has 0 aliphatic carbocycles. The van der Waals surface area contributed by atoms with Crippen molar-refractivity contribution in [2.75, 3.05) is 40.4 Å². The van der Waals surface area contributed by atoms with Crippen molar-refractivity contribution >= 4 is 5.91 Å². The summed E-state index contributed by atoms with van der Waals surface area (Å²) in [5.74, 6) is 1.83. The second-order valence-electron chi connectivity index (χ2n) is 5.54. The molecule has 0 saturated carbocycles. The van der Waals surface area contributed by atoms with Crippen LogP contribution in [0.1, 0.15) is 12.8 Å². The topological polar surface area (TPSA) is 50.8 Å². The van der Waals surface area contributed by atoms with Gasteiger partial charge in [0.25, 0.3) is 5.91 Å². The predicted octanol–water partition coefficient (Wildman–Crippen LogP) is 1.53. The summed E-state index contributed by atoms with van der Waals surface area (Å²) in [4.78, 5) is 14.1. The van der Waals surface area contributed by atoms with Crippen LogP contribution in [-0.2, 0) is 4.79 Å². The van der Waals surface area contributed by atoms with Crippen LogP contribution < -0.4 is 14.8 Å². The van der Waals surface area contributed by atoms with Gasteiger partial charge in [-0.05, 0) is 44.5 Å². The van der Waals surface area contributed by atoms with Gasteiger partial charge in [-0.1, -0.05) is 6.07 Å². The van der Waals surface area contributed by atoms with Crippen LogP contribution in [0.4, 0.5) is 0 Å². The standard InChI is InChI=1S/C16H24N2O3/c1-18-8-4-5-13(11-18)10-17-16(19)12-21-15-7-3-6-14(9-15)20-2/h3,6-7,9,13H,4-5,8,10-12H2,1-2H3,(H,17,19)/t13-/m1/s1. The third-order valence-corrected chi connectivity index (χ3v) is 3.72. The molecule has 1 fully saturated rings. The minimum absolute atomic E-state index is 0.0374. The van der Waals surface area contributed by atoms with E-state index in [9.17, 15) is 4.79 Å². The number of piperidine rings is 1. The molecule has 5 nitrogen and oxygen atoms in total. The largest absolute Gasteiger partial charge is 0.497 e. The highest BCUT2D eigenvalue weighted by Gasteiger charge is 2.17. The number of amides is 1. The minimum Gasteiger partial charge on any atom is -0.497 e. The zero-order chi connectivity index (χ0) is 15.1. The lowest BCUT2D eigenvalue weighted by Crippen LogP contribution is -2.40. The molecular weight excluding hydrogens is 268 g/mol. The summed E-state index contributed by atoms with van der Waals surface area (Å²) in [5, 5.41) is 2.95. The molecule has 1 aromatic carbocycles. The van der Waals surface area contributed by atoms with Crippen LogP contribution in [0.25, 0.3) is 0 Å². The van der Waals surface area contributed by atoms with Gasteiger partial charge >= 0.3 is 0 Å². The molecular formula is C16H24N2O3. The molecule has 5 heteroatoms. The van der Waals surface area contributed by atoms with E-state index in [2.05, 4.69) is 17.3 Å². The summed E-state index contributed by atoms with van der Waals surface area (Å²) in [5.41, 5.74) is 0. The monoisotopic (exact) mass is 292 g/mol. The first-order valence-corrected chi connectivity index (χ1v) is 7.39. The first kappa shape index (κ1) is 15.6. The third-order valence-electron chi connectivity index (χ3n) is 3.72. The molecule has 1 aliphatic heterocycles. The predicted molar refractivity (Wildman–Crippen MR) is 81.7 cm³/mol. The number of rotatable bonds is 6. The Labute approximate surface area is 126 Å². The van der Waals surface area contributed by atoms with Crippen molar-refractivity contribution in [1.29, 1.82) is 0 Å². The van der Waals surface area contributed by atoms with Crippen molar-refractivity contribution in [3.8, 4) is 11.5 Å². The lowest BCUT2D eigenvalue weighted by Gasteiger charge is -2.29. The summed E-state index contributed by atoms with van der Waals surface area (Å²) in [6, 6.07) is 7.26.